The number of nitrogens with one attached hydrogen (secondary N) is 3. The first-order chi connectivity index (χ1) is 21.9. The molecule has 7 N–H and O–H groups in total. The normalized spacial score (nSPS) is 12.1. The van der Waals surface area contributed by atoms with Crippen molar-refractivity contribution in [1.29, 1.82) is 0 Å². The van der Waals surface area contributed by atoms with Crippen molar-refractivity contribution in [2.45, 2.75) is 56.8 Å². The van der Waals surface area contributed by atoms with Gasteiger partial charge in [0.2, 0.25) is 11.8 Å². The molecule has 0 aliphatic heterocycles. The number of carboxylic acids is 2. The number of carbonyl (C=O) groups excluding carboxylic acids is 2. The number of nitrogens with two attached hydrogens (primary N) is 1. The van der Waals surface area contributed by atoms with Crippen molar-refractivity contribution < 1.29 is 42.6 Å². The Kier molecular flexibility index (Phi) is 15.7. The maximum Gasteiger partial charge on any atom is 0.490 e. The topological polar surface area (TPSA) is 184 Å². The summed E-state index contributed by atoms with van der Waals surface area (Å²) in [5.41, 5.74) is 8.36. The standard InChI is InChI=1S/C30H37N5O4.C2HF3O2/c31-18-8-11-25(34-28(36)13-5-7-20-33-27-12-4-6-19-32-27)30(39)35-26(21-29(37)38)24-16-14-23(15-17-24)22-9-2-1-3-10-22;3-2(4,5)1(6)7/h1-4,6,9-10,12,14-17,19,25-26H,5,7-8,11,13,18,20-21,31H2,(H,32,33)(H,34,36)(H,35,39)(H,37,38);(H,6,7)/t25-,26?;/m1./s1. The number of aliphatic carboxylic acids is 2. The number of hydrogen-bond acceptors (Lipinski definition) is 7. The summed E-state index contributed by atoms with van der Waals surface area (Å²) in [6.45, 7) is 1.06. The second kappa shape index (κ2) is 19.4. The Labute approximate surface area is 264 Å². The van der Waals surface area contributed by atoms with E-state index in [1.54, 1.807) is 6.20 Å². The summed E-state index contributed by atoms with van der Waals surface area (Å²) < 4.78 is 31.7. The van der Waals surface area contributed by atoms with Gasteiger partial charge in [0.15, 0.2) is 0 Å². The molecule has 0 radical (unpaired) electrons. The second-order valence-corrected chi connectivity index (χ2v) is 10.1. The summed E-state index contributed by atoms with van der Waals surface area (Å²) in [5, 5.41) is 25.5. The van der Waals surface area contributed by atoms with Gasteiger partial charge < -0.3 is 31.9 Å². The van der Waals surface area contributed by atoms with E-state index in [0.29, 0.717) is 37.9 Å². The number of alkyl halides is 3. The van der Waals surface area contributed by atoms with Gasteiger partial charge in [-0.1, -0.05) is 60.7 Å². The van der Waals surface area contributed by atoms with Gasteiger partial charge in [0.05, 0.1) is 12.5 Å². The molecule has 2 amide bonds. The summed E-state index contributed by atoms with van der Waals surface area (Å²) >= 11 is 0. The molecule has 0 aliphatic carbocycles. The fourth-order valence-electron chi connectivity index (χ4n) is 4.19. The molecule has 2 aromatic carbocycles. The molecule has 0 saturated heterocycles. The molecular weight excluding hydrogens is 607 g/mol. The van der Waals surface area contributed by atoms with Crippen LogP contribution in [0.3, 0.4) is 0 Å². The van der Waals surface area contributed by atoms with Crippen LogP contribution in [0, 0.1) is 0 Å². The summed E-state index contributed by atoms with van der Waals surface area (Å²) in [4.78, 5) is 50.5. The van der Waals surface area contributed by atoms with Crippen LogP contribution in [-0.2, 0) is 19.2 Å². The van der Waals surface area contributed by atoms with E-state index in [4.69, 9.17) is 15.6 Å². The molecule has 0 saturated carbocycles. The number of carboxylic acid groups (broad SMARTS) is 2. The lowest BCUT2D eigenvalue weighted by molar-refractivity contribution is -0.192. The lowest BCUT2D eigenvalue weighted by atomic mass is 9.98. The van der Waals surface area contributed by atoms with Crippen LogP contribution in [-0.4, -0.2) is 64.3 Å². The van der Waals surface area contributed by atoms with Gasteiger partial charge in [-0.3, -0.25) is 14.4 Å². The number of amides is 2. The predicted octanol–water partition coefficient (Wildman–Crippen LogP) is 4.52. The maximum atomic E-state index is 13.2. The van der Waals surface area contributed by atoms with E-state index in [1.165, 1.54) is 0 Å². The fraction of sp³-hybridized carbons (Fsp3) is 0.344. The third-order valence-electron chi connectivity index (χ3n) is 6.51. The zero-order valence-corrected chi connectivity index (χ0v) is 25.0. The molecule has 1 unspecified atom stereocenters. The number of carbonyl (C=O) groups is 4. The number of unbranched alkanes of at least 4 members (excludes halogenated alkanes) is 1. The van der Waals surface area contributed by atoms with Crippen molar-refractivity contribution in [3.63, 3.8) is 0 Å². The highest BCUT2D eigenvalue weighted by Crippen LogP contribution is 2.24. The van der Waals surface area contributed by atoms with Crippen molar-refractivity contribution in [3.05, 3.63) is 84.6 Å². The first-order valence-electron chi connectivity index (χ1n) is 14.5. The average Bonchev–Trinajstić information content (AvgIpc) is 3.03. The zero-order valence-electron chi connectivity index (χ0n) is 25.0. The fourth-order valence-corrected chi connectivity index (χ4v) is 4.19. The monoisotopic (exact) mass is 645 g/mol. The van der Waals surface area contributed by atoms with E-state index in [1.807, 2.05) is 72.8 Å². The molecule has 3 rings (SSSR count). The van der Waals surface area contributed by atoms with Crippen LogP contribution in [0.1, 0.15) is 50.1 Å². The van der Waals surface area contributed by atoms with Crippen molar-refractivity contribution in [1.82, 2.24) is 15.6 Å². The van der Waals surface area contributed by atoms with Gasteiger partial charge >= 0.3 is 18.1 Å². The maximum absolute atomic E-state index is 13.2. The lowest BCUT2D eigenvalue weighted by Gasteiger charge is -2.23. The van der Waals surface area contributed by atoms with E-state index in [-0.39, 0.29) is 18.7 Å². The van der Waals surface area contributed by atoms with Crippen molar-refractivity contribution in [3.8, 4) is 11.1 Å². The third-order valence-corrected chi connectivity index (χ3v) is 6.51. The molecule has 2 atom stereocenters. The quantitative estimate of drug-likeness (QED) is 0.122. The summed E-state index contributed by atoms with van der Waals surface area (Å²) in [6, 6.07) is 21.4. The summed E-state index contributed by atoms with van der Waals surface area (Å²) in [6.07, 6.45) is -1.06. The van der Waals surface area contributed by atoms with Crippen molar-refractivity contribution in [2.24, 2.45) is 5.73 Å². The minimum absolute atomic E-state index is 0.230. The van der Waals surface area contributed by atoms with Crippen LogP contribution in [0.2, 0.25) is 0 Å². The molecule has 46 heavy (non-hydrogen) atoms. The molecule has 248 valence electrons. The number of nitrogens with zero attached hydrogens (tertiary/aromatic N) is 1. The van der Waals surface area contributed by atoms with Crippen LogP contribution in [0.5, 0.6) is 0 Å². The van der Waals surface area contributed by atoms with Gasteiger partial charge in [-0.15, -0.1) is 0 Å². The molecule has 0 fully saturated rings. The Hall–Kier alpha value is -4.98. The van der Waals surface area contributed by atoms with Crippen LogP contribution < -0.4 is 21.7 Å². The number of hydrogen-bond donors (Lipinski definition) is 6. The van der Waals surface area contributed by atoms with Crippen molar-refractivity contribution in [2.75, 3.05) is 18.4 Å². The number of aromatic nitrogens is 1. The van der Waals surface area contributed by atoms with E-state index in [9.17, 15) is 32.7 Å². The number of anilines is 1. The highest BCUT2D eigenvalue weighted by Gasteiger charge is 2.38. The number of pyridine rings is 1. The van der Waals surface area contributed by atoms with Crippen LogP contribution in [0.25, 0.3) is 11.1 Å². The van der Waals surface area contributed by atoms with Gasteiger partial charge in [0.1, 0.15) is 11.9 Å². The molecular formula is C32H38F3N5O6. The van der Waals surface area contributed by atoms with Gasteiger partial charge in [-0.25, -0.2) is 9.78 Å². The van der Waals surface area contributed by atoms with Gasteiger partial charge in [-0.05, 0) is 61.1 Å². The van der Waals surface area contributed by atoms with Crippen LogP contribution in [0.15, 0.2) is 79.0 Å². The number of benzene rings is 2. The summed E-state index contributed by atoms with van der Waals surface area (Å²) in [5.74, 6) is -3.66. The minimum atomic E-state index is -5.08. The van der Waals surface area contributed by atoms with E-state index in [0.717, 1.165) is 23.4 Å². The Morgan fingerprint density at radius 2 is 1.46 bits per heavy atom. The second-order valence-electron chi connectivity index (χ2n) is 10.1. The lowest BCUT2D eigenvalue weighted by Crippen LogP contribution is -2.48. The smallest absolute Gasteiger partial charge is 0.481 e. The SMILES string of the molecule is NCCC[C@@H](NC(=O)CCCCNc1ccccn1)C(=O)NC(CC(=O)O)c1ccc(-c2ccccc2)cc1.O=C(O)C(F)(F)F. The predicted molar refractivity (Wildman–Crippen MR) is 166 cm³/mol. The van der Waals surface area contributed by atoms with Gasteiger partial charge in [-0.2, -0.15) is 13.2 Å². The Morgan fingerprint density at radius 1 is 0.826 bits per heavy atom. The average molecular weight is 646 g/mol. The number of halogens is 3. The molecule has 11 nitrogen and oxygen atoms in total. The molecule has 0 bridgehead atoms. The highest BCUT2D eigenvalue weighted by molar-refractivity contribution is 5.88. The van der Waals surface area contributed by atoms with E-state index in [2.05, 4.69) is 20.9 Å². The Balaban J connectivity index is 0.000000942. The third kappa shape index (κ3) is 14.2. The highest BCUT2D eigenvalue weighted by atomic mass is 19.4. The minimum Gasteiger partial charge on any atom is -0.481 e. The molecule has 0 aliphatic rings. The van der Waals surface area contributed by atoms with Gasteiger partial charge in [0.25, 0.3) is 0 Å². The van der Waals surface area contributed by atoms with Crippen LogP contribution >= 0.6 is 0 Å². The number of rotatable bonds is 16. The first-order valence-corrected chi connectivity index (χ1v) is 14.5. The van der Waals surface area contributed by atoms with E-state index < -0.39 is 36.1 Å². The molecule has 14 heteroatoms. The molecule has 3 aromatic rings. The molecule has 1 heterocycles. The summed E-state index contributed by atoms with van der Waals surface area (Å²) in [7, 11) is 0. The van der Waals surface area contributed by atoms with E-state index >= 15 is 0 Å². The molecule has 0 spiro atoms. The zero-order chi connectivity index (χ0) is 34.0. The van der Waals surface area contributed by atoms with Gasteiger partial charge in [0, 0.05) is 19.2 Å². The molecule has 1 aromatic heterocycles. The van der Waals surface area contributed by atoms with Crippen molar-refractivity contribution >= 4 is 29.6 Å². The van der Waals surface area contributed by atoms with Crippen LogP contribution in [0.4, 0.5) is 19.0 Å². The Morgan fingerprint density at radius 3 is 2.02 bits per heavy atom. The Bertz CT molecular complexity index is 1380. The first kappa shape index (κ1) is 37.2. The largest absolute Gasteiger partial charge is 0.490 e.